The highest BCUT2D eigenvalue weighted by Crippen LogP contribution is 2.11. The van der Waals surface area contributed by atoms with E-state index in [1.54, 1.807) is 6.92 Å². The molecule has 0 radical (unpaired) electrons. The molecule has 2 N–H and O–H groups in total. The minimum atomic E-state index is -0.462. The number of hydrogen-bond acceptors (Lipinski definition) is 4. The molecular weight excluding hydrogens is 275 g/mol. The van der Waals surface area contributed by atoms with Crippen LogP contribution in [0.2, 0.25) is 0 Å². The van der Waals surface area contributed by atoms with Crippen molar-refractivity contribution in [2.24, 2.45) is 0 Å². The number of oxazole rings is 1. The van der Waals surface area contributed by atoms with Crippen LogP contribution in [0.3, 0.4) is 0 Å². The van der Waals surface area contributed by atoms with Gasteiger partial charge in [-0.25, -0.2) is 9.37 Å². The van der Waals surface area contributed by atoms with E-state index < -0.39 is 11.7 Å². The molecule has 1 amide bonds. The third-order valence-electron chi connectivity index (χ3n) is 2.75. The summed E-state index contributed by atoms with van der Waals surface area (Å²) in [4.78, 5) is 15.7. The Kier molecular flexibility index (Phi) is 4.69. The first-order valence-corrected chi connectivity index (χ1v) is 6.18. The third-order valence-corrected chi connectivity index (χ3v) is 2.75. The maximum atomic E-state index is 13.7. The van der Waals surface area contributed by atoms with Crippen molar-refractivity contribution >= 4 is 5.91 Å². The van der Waals surface area contributed by atoms with Crippen LogP contribution in [0.25, 0.3) is 0 Å². The lowest BCUT2D eigenvalue weighted by Gasteiger charge is -2.06. The Morgan fingerprint density at radius 3 is 3.00 bits per heavy atom. The van der Waals surface area contributed by atoms with Gasteiger partial charge in [-0.05, 0) is 25.1 Å². The van der Waals surface area contributed by atoms with Gasteiger partial charge >= 0.3 is 0 Å². The first-order chi connectivity index (χ1) is 10.1. The summed E-state index contributed by atoms with van der Waals surface area (Å²) in [6.45, 7) is 1.37. The fourth-order valence-corrected chi connectivity index (χ4v) is 1.71. The van der Waals surface area contributed by atoms with Crippen molar-refractivity contribution in [2.45, 2.75) is 13.5 Å². The monoisotopic (exact) mass is 288 g/mol. The molecule has 0 saturated carbocycles. The van der Waals surface area contributed by atoms with E-state index in [-0.39, 0.29) is 18.9 Å². The minimum Gasteiger partial charge on any atom is -0.438 e. The zero-order chi connectivity index (χ0) is 15.2. The van der Waals surface area contributed by atoms with Gasteiger partial charge in [-0.15, -0.1) is 0 Å². The Morgan fingerprint density at radius 2 is 2.33 bits per heavy atom. The van der Waals surface area contributed by atoms with Crippen LogP contribution in [0, 0.1) is 24.6 Å². The molecule has 0 aliphatic carbocycles. The van der Waals surface area contributed by atoms with Gasteiger partial charge < -0.3 is 14.8 Å². The van der Waals surface area contributed by atoms with Gasteiger partial charge in [0, 0.05) is 17.7 Å². The summed E-state index contributed by atoms with van der Waals surface area (Å²) in [7, 11) is 0. The van der Waals surface area contributed by atoms with Crippen molar-refractivity contribution in [3.05, 3.63) is 53.0 Å². The van der Waals surface area contributed by atoms with E-state index in [0.29, 0.717) is 16.8 Å². The van der Waals surface area contributed by atoms with Crippen LogP contribution < -0.4 is 5.32 Å². The normalized spacial score (nSPS) is 9.86. The minimum absolute atomic E-state index is 0.000544. The zero-order valence-electron chi connectivity index (χ0n) is 11.3. The topological polar surface area (TPSA) is 75.4 Å². The molecule has 2 aromatic rings. The summed E-state index contributed by atoms with van der Waals surface area (Å²) in [5.74, 6) is 4.35. The predicted octanol–water partition coefficient (Wildman–Crippen LogP) is 1.40. The molecule has 0 bridgehead atoms. The smallest absolute Gasteiger partial charge is 0.289 e. The highest BCUT2D eigenvalue weighted by atomic mass is 19.1. The molecule has 6 heteroatoms. The van der Waals surface area contributed by atoms with Gasteiger partial charge in [0.2, 0.25) is 5.76 Å². The summed E-state index contributed by atoms with van der Waals surface area (Å²) in [5.41, 5.74) is 1.33. The van der Waals surface area contributed by atoms with E-state index in [1.807, 2.05) is 0 Å². The van der Waals surface area contributed by atoms with E-state index >= 15 is 0 Å². The number of rotatable bonds is 3. The number of hydrogen-bond donors (Lipinski definition) is 2. The first kappa shape index (κ1) is 14.8. The number of aliphatic hydroxyl groups excluding tert-OH is 1. The molecule has 0 spiro atoms. The molecule has 2 rings (SSSR count). The number of amides is 1. The van der Waals surface area contributed by atoms with E-state index in [1.165, 1.54) is 24.6 Å². The summed E-state index contributed by atoms with van der Waals surface area (Å²) in [6.07, 6.45) is 1.18. The van der Waals surface area contributed by atoms with Gasteiger partial charge in [-0.3, -0.25) is 4.79 Å². The van der Waals surface area contributed by atoms with Gasteiger partial charge in [0.05, 0.1) is 5.69 Å². The Morgan fingerprint density at radius 1 is 1.52 bits per heavy atom. The number of aromatic nitrogens is 1. The van der Waals surface area contributed by atoms with Crippen molar-refractivity contribution in [1.29, 1.82) is 0 Å². The lowest BCUT2D eigenvalue weighted by atomic mass is 10.1. The Balaban J connectivity index is 2.09. The average Bonchev–Trinajstić information content (AvgIpc) is 2.91. The van der Waals surface area contributed by atoms with Crippen molar-refractivity contribution in [1.82, 2.24) is 10.3 Å². The molecule has 1 heterocycles. The maximum absolute atomic E-state index is 13.7. The van der Waals surface area contributed by atoms with Gasteiger partial charge in [0.25, 0.3) is 5.91 Å². The second kappa shape index (κ2) is 6.68. The number of carbonyl (C=O) groups is 1. The summed E-state index contributed by atoms with van der Waals surface area (Å²) in [5, 5.41) is 11.2. The third kappa shape index (κ3) is 3.68. The molecule has 5 nitrogen and oxygen atoms in total. The molecule has 21 heavy (non-hydrogen) atoms. The second-order valence-electron chi connectivity index (χ2n) is 4.22. The number of benzene rings is 1. The molecule has 1 aromatic carbocycles. The number of aliphatic hydroxyl groups is 1. The number of halogens is 1. The first-order valence-electron chi connectivity index (χ1n) is 6.18. The van der Waals surface area contributed by atoms with E-state index in [2.05, 4.69) is 22.1 Å². The molecule has 0 atom stereocenters. The van der Waals surface area contributed by atoms with E-state index in [4.69, 9.17) is 9.52 Å². The number of nitrogens with zero attached hydrogens (tertiary/aromatic N) is 1. The van der Waals surface area contributed by atoms with Crippen molar-refractivity contribution < 1.29 is 18.7 Å². The second-order valence-corrected chi connectivity index (χ2v) is 4.22. The Bertz CT molecular complexity index is 713. The summed E-state index contributed by atoms with van der Waals surface area (Å²) in [6, 6.07) is 4.29. The van der Waals surface area contributed by atoms with Crippen LogP contribution in [-0.2, 0) is 6.54 Å². The maximum Gasteiger partial charge on any atom is 0.289 e. The fourth-order valence-electron chi connectivity index (χ4n) is 1.71. The molecule has 0 unspecified atom stereocenters. The molecule has 1 aromatic heterocycles. The average molecular weight is 288 g/mol. The molecule has 0 fully saturated rings. The lowest BCUT2D eigenvalue weighted by molar-refractivity contribution is 0.0922. The van der Waals surface area contributed by atoms with Crippen LogP contribution >= 0.6 is 0 Å². The van der Waals surface area contributed by atoms with Gasteiger partial charge in [0.1, 0.15) is 12.4 Å². The Labute approximate surface area is 120 Å². The van der Waals surface area contributed by atoms with Gasteiger partial charge in [-0.1, -0.05) is 11.8 Å². The fraction of sp³-hybridized carbons (Fsp3) is 0.200. The van der Waals surface area contributed by atoms with Gasteiger partial charge in [0.15, 0.2) is 6.39 Å². The summed E-state index contributed by atoms with van der Waals surface area (Å²) < 4.78 is 18.6. The van der Waals surface area contributed by atoms with Crippen molar-refractivity contribution in [3.8, 4) is 11.8 Å². The summed E-state index contributed by atoms with van der Waals surface area (Å²) >= 11 is 0. The van der Waals surface area contributed by atoms with Crippen LogP contribution in [0.1, 0.15) is 27.4 Å². The van der Waals surface area contributed by atoms with Crippen molar-refractivity contribution in [3.63, 3.8) is 0 Å². The molecule has 108 valence electrons. The zero-order valence-corrected chi connectivity index (χ0v) is 11.3. The number of nitrogens with one attached hydrogen (secondary N) is 1. The predicted molar refractivity (Wildman–Crippen MR) is 72.8 cm³/mol. The molecule has 0 aliphatic heterocycles. The van der Waals surface area contributed by atoms with Crippen molar-refractivity contribution in [2.75, 3.05) is 6.61 Å². The molecule has 0 aliphatic rings. The SMILES string of the molecule is Cc1ncoc1C(=O)NCc1cc(C#CCO)ccc1F. The highest BCUT2D eigenvalue weighted by Gasteiger charge is 2.14. The van der Waals surface area contributed by atoms with Crippen LogP contribution in [0.4, 0.5) is 4.39 Å². The highest BCUT2D eigenvalue weighted by molar-refractivity contribution is 5.92. The van der Waals surface area contributed by atoms with Crippen LogP contribution in [0.15, 0.2) is 29.0 Å². The van der Waals surface area contributed by atoms with Crippen LogP contribution in [-0.4, -0.2) is 22.6 Å². The Hall–Kier alpha value is -2.65. The largest absolute Gasteiger partial charge is 0.438 e. The lowest BCUT2D eigenvalue weighted by Crippen LogP contribution is -2.23. The number of carbonyl (C=O) groups excluding carboxylic acids is 1. The molecule has 0 saturated heterocycles. The van der Waals surface area contributed by atoms with Crippen LogP contribution in [0.5, 0.6) is 0 Å². The number of aryl methyl sites for hydroxylation is 1. The molecular formula is C15H13FN2O3. The quantitative estimate of drug-likeness (QED) is 0.837. The standard InChI is InChI=1S/C15H13FN2O3/c1-10-14(21-9-18-10)15(20)17-8-12-7-11(3-2-6-19)4-5-13(12)16/h4-5,7,9,19H,6,8H2,1H3,(H,17,20). The van der Waals surface area contributed by atoms with Gasteiger partial charge in [-0.2, -0.15) is 0 Å². The van der Waals surface area contributed by atoms with E-state index in [9.17, 15) is 9.18 Å². The van der Waals surface area contributed by atoms with E-state index in [0.717, 1.165) is 0 Å².